The molecule has 2 fully saturated rings. The molecule has 1 amide bonds. The van der Waals surface area contributed by atoms with Gasteiger partial charge in [-0.3, -0.25) is 24.5 Å². The molecule has 0 bridgehead atoms. The van der Waals surface area contributed by atoms with Crippen LogP contribution in [-0.4, -0.2) is 57.6 Å². The van der Waals surface area contributed by atoms with Crippen molar-refractivity contribution in [3.63, 3.8) is 0 Å². The number of pyridine rings is 2. The Morgan fingerprint density at radius 3 is 2.75 bits per heavy atom. The van der Waals surface area contributed by atoms with Gasteiger partial charge in [-0.25, -0.2) is 13.4 Å². The summed E-state index contributed by atoms with van der Waals surface area (Å²) in [6.07, 6.45) is 9.24. The second kappa shape index (κ2) is 9.45. The largest absolute Gasteiger partial charge is 0.477 e. The molecule has 1 atom stereocenters. The van der Waals surface area contributed by atoms with Crippen LogP contribution in [0.4, 0.5) is 5.69 Å². The van der Waals surface area contributed by atoms with Crippen LogP contribution >= 0.6 is 0 Å². The van der Waals surface area contributed by atoms with Gasteiger partial charge < -0.3 is 9.64 Å². The molecule has 3 aromatic rings. The minimum Gasteiger partial charge on any atom is -0.477 e. The van der Waals surface area contributed by atoms with Crippen LogP contribution in [0, 0.1) is 0 Å². The van der Waals surface area contributed by atoms with Crippen molar-refractivity contribution >= 4 is 21.6 Å². The van der Waals surface area contributed by atoms with E-state index in [1.54, 1.807) is 54.0 Å². The lowest BCUT2D eigenvalue weighted by Crippen LogP contribution is -2.43. The number of ether oxygens (including phenoxy) is 1. The lowest BCUT2D eigenvalue weighted by molar-refractivity contribution is 0.0606. The first-order valence-electron chi connectivity index (χ1n) is 12.0. The van der Waals surface area contributed by atoms with Crippen LogP contribution in [0.15, 0.2) is 49.1 Å². The number of aromatic nitrogens is 4. The first-order chi connectivity index (χ1) is 17.3. The normalized spacial score (nSPS) is 19.8. The van der Waals surface area contributed by atoms with Gasteiger partial charge in [0.2, 0.25) is 15.9 Å². The Kier molecular flexibility index (Phi) is 6.33. The number of nitrogens with one attached hydrogen (secondary N) is 1. The van der Waals surface area contributed by atoms with Crippen LogP contribution in [0.25, 0.3) is 11.3 Å². The third-order valence-electron chi connectivity index (χ3n) is 6.60. The number of hydrogen-bond acceptors (Lipinski definition) is 8. The summed E-state index contributed by atoms with van der Waals surface area (Å²) in [4.78, 5) is 32.8. The maximum atomic E-state index is 13.5. The number of hydrogen-bond donors (Lipinski definition) is 1. The van der Waals surface area contributed by atoms with Gasteiger partial charge in [-0.2, -0.15) is 0 Å². The van der Waals surface area contributed by atoms with Crippen LogP contribution in [-0.2, 0) is 15.6 Å². The van der Waals surface area contributed by atoms with E-state index < -0.39 is 15.6 Å². The molecule has 5 rings (SSSR count). The summed E-state index contributed by atoms with van der Waals surface area (Å²) in [5.41, 5.74) is 2.06. The van der Waals surface area contributed by atoms with Gasteiger partial charge in [-0.15, -0.1) is 0 Å². The quantitative estimate of drug-likeness (QED) is 0.491. The lowest BCUT2D eigenvalue weighted by atomic mass is 9.93. The Morgan fingerprint density at radius 2 is 2.03 bits per heavy atom. The average Bonchev–Trinajstić information content (AvgIpc) is 3.67. The number of rotatable bonds is 8. The molecule has 4 heterocycles. The van der Waals surface area contributed by atoms with E-state index in [1.165, 1.54) is 0 Å². The highest BCUT2D eigenvalue weighted by atomic mass is 32.2. The maximum absolute atomic E-state index is 13.5. The minimum absolute atomic E-state index is 0.207. The van der Waals surface area contributed by atoms with Gasteiger partial charge in [0, 0.05) is 24.5 Å². The van der Waals surface area contributed by atoms with Gasteiger partial charge in [-0.05, 0) is 63.8 Å². The molecule has 2 aliphatic rings. The van der Waals surface area contributed by atoms with E-state index in [9.17, 15) is 13.2 Å². The van der Waals surface area contributed by atoms with E-state index in [0.717, 1.165) is 12.0 Å². The first-order valence-corrected chi connectivity index (χ1v) is 13.6. The summed E-state index contributed by atoms with van der Waals surface area (Å²) in [7, 11) is -3.39. The van der Waals surface area contributed by atoms with E-state index in [0.29, 0.717) is 61.1 Å². The van der Waals surface area contributed by atoms with E-state index >= 15 is 0 Å². The molecular weight excluding hydrogens is 480 g/mol. The Hall–Kier alpha value is -3.60. The van der Waals surface area contributed by atoms with Crippen molar-refractivity contribution < 1.29 is 17.9 Å². The minimum atomic E-state index is -3.39. The van der Waals surface area contributed by atoms with Crippen molar-refractivity contribution in [2.45, 2.75) is 50.3 Å². The Bertz CT molecular complexity index is 1380. The Labute approximate surface area is 210 Å². The molecule has 0 spiro atoms. The number of carbonyl (C=O) groups is 1. The third-order valence-corrected chi connectivity index (χ3v) is 8.47. The molecule has 0 unspecified atom stereocenters. The molecule has 36 heavy (non-hydrogen) atoms. The zero-order chi connectivity index (χ0) is 25.3. The number of amides is 1. The molecular formula is C25H28N6O4S. The summed E-state index contributed by atoms with van der Waals surface area (Å²) >= 11 is 0. The standard InChI is InChI=1S/C25H28N6O4S/c1-3-35-23-16-26-15-21(29-23)17-5-8-20(28-14-17)24(32)31-12-4-10-25(31,2)22-13-18(9-11-27-22)30-36(33,34)19-6-7-19/h5,8-9,11,13-16,19H,3-4,6-7,10,12H2,1-2H3,(H,27,30)/t25-/m1/s1. The van der Waals surface area contributed by atoms with Crippen LogP contribution in [0.5, 0.6) is 5.88 Å². The van der Waals surface area contributed by atoms with Gasteiger partial charge in [0.05, 0.1) is 46.9 Å². The molecule has 1 aliphatic carbocycles. The van der Waals surface area contributed by atoms with E-state index in [1.807, 2.05) is 13.8 Å². The Balaban J connectivity index is 1.36. The summed E-state index contributed by atoms with van der Waals surface area (Å²) < 4.78 is 32.9. The summed E-state index contributed by atoms with van der Waals surface area (Å²) in [6.45, 7) is 4.88. The van der Waals surface area contributed by atoms with E-state index in [2.05, 4.69) is 24.7 Å². The first kappa shape index (κ1) is 24.1. The molecule has 11 heteroatoms. The van der Waals surface area contributed by atoms with Crippen molar-refractivity contribution in [3.8, 4) is 17.1 Å². The predicted molar refractivity (Wildman–Crippen MR) is 134 cm³/mol. The SMILES string of the molecule is CCOc1cncc(-c2ccc(C(=O)N3CCC[C@]3(C)c3cc(NS(=O)(=O)C4CC4)ccn3)nc2)n1. The number of anilines is 1. The predicted octanol–water partition coefficient (Wildman–Crippen LogP) is 3.39. The number of nitrogens with zero attached hydrogens (tertiary/aromatic N) is 5. The number of sulfonamides is 1. The fourth-order valence-corrected chi connectivity index (χ4v) is 5.86. The van der Waals surface area contributed by atoms with E-state index in [4.69, 9.17) is 4.74 Å². The fraction of sp³-hybridized carbons (Fsp3) is 0.400. The molecule has 10 nitrogen and oxygen atoms in total. The summed E-state index contributed by atoms with van der Waals surface area (Å²) in [6, 6.07) is 6.83. The van der Waals surface area contributed by atoms with Crippen molar-refractivity contribution in [1.82, 2.24) is 24.8 Å². The zero-order valence-electron chi connectivity index (χ0n) is 20.2. The van der Waals surface area contributed by atoms with Crippen LogP contribution < -0.4 is 9.46 Å². The smallest absolute Gasteiger partial charge is 0.273 e. The van der Waals surface area contributed by atoms with Crippen LogP contribution in [0.2, 0.25) is 0 Å². The van der Waals surface area contributed by atoms with Crippen molar-refractivity contribution in [1.29, 1.82) is 0 Å². The zero-order valence-corrected chi connectivity index (χ0v) is 21.0. The average molecular weight is 509 g/mol. The summed E-state index contributed by atoms with van der Waals surface area (Å²) in [5.74, 6) is 0.221. The summed E-state index contributed by atoms with van der Waals surface area (Å²) in [5, 5.41) is -0.323. The van der Waals surface area contributed by atoms with Crippen molar-refractivity contribution in [3.05, 3.63) is 60.4 Å². The van der Waals surface area contributed by atoms with Gasteiger partial charge in [0.1, 0.15) is 5.69 Å². The molecule has 1 saturated heterocycles. The Morgan fingerprint density at radius 1 is 1.19 bits per heavy atom. The highest BCUT2D eigenvalue weighted by molar-refractivity contribution is 7.93. The molecule has 0 aromatic carbocycles. The monoisotopic (exact) mass is 508 g/mol. The number of likely N-dealkylation sites (tertiary alicyclic amines) is 1. The van der Waals surface area contributed by atoms with Gasteiger partial charge in [0.25, 0.3) is 5.91 Å². The maximum Gasteiger partial charge on any atom is 0.273 e. The van der Waals surface area contributed by atoms with Gasteiger partial charge >= 0.3 is 0 Å². The highest BCUT2D eigenvalue weighted by Crippen LogP contribution is 2.39. The van der Waals surface area contributed by atoms with Crippen LogP contribution in [0.3, 0.4) is 0 Å². The number of carbonyl (C=O) groups excluding carboxylic acids is 1. The molecule has 1 aliphatic heterocycles. The second-order valence-electron chi connectivity index (χ2n) is 9.22. The van der Waals surface area contributed by atoms with Crippen molar-refractivity contribution in [2.24, 2.45) is 0 Å². The van der Waals surface area contributed by atoms with E-state index in [-0.39, 0.29) is 11.2 Å². The van der Waals surface area contributed by atoms with Gasteiger partial charge in [-0.1, -0.05) is 0 Å². The fourth-order valence-electron chi connectivity index (χ4n) is 4.48. The molecule has 3 aromatic heterocycles. The molecule has 1 saturated carbocycles. The van der Waals surface area contributed by atoms with Crippen LogP contribution in [0.1, 0.15) is 55.7 Å². The van der Waals surface area contributed by atoms with Gasteiger partial charge in [0.15, 0.2) is 0 Å². The molecule has 1 N–H and O–H groups in total. The topological polar surface area (TPSA) is 127 Å². The third kappa shape index (κ3) is 4.75. The highest BCUT2D eigenvalue weighted by Gasteiger charge is 2.43. The molecule has 0 radical (unpaired) electrons. The molecule has 188 valence electrons. The second-order valence-corrected chi connectivity index (χ2v) is 11.2. The lowest BCUT2D eigenvalue weighted by Gasteiger charge is -2.35. The van der Waals surface area contributed by atoms with Crippen molar-refractivity contribution in [2.75, 3.05) is 17.9 Å².